The van der Waals surface area contributed by atoms with E-state index in [9.17, 15) is 4.79 Å². The van der Waals surface area contributed by atoms with Crippen LogP contribution in [0.15, 0.2) is 28.7 Å². The zero-order valence-corrected chi connectivity index (χ0v) is 18.1. The predicted molar refractivity (Wildman–Crippen MR) is 112 cm³/mol. The van der Waals surface area contributed by atoms with Gasteiger partial charge in [-0.3, -0.25) is 4.79 Å². The van der Waals surface area contributed by atoms with Crippen LogP contribution in [0.3, 0.4) is 0 Å². The molecular weight excluding hydrogens is 394 g/mol. The third-order valence-corrected chi connectivity index (χ3v) is 6.14. The van der Waals surface area contributed by atoms with Crippen molar-refractivity contribution >= 4 is 34.1 Å². The van der Waals surface area contributed by atoms with Gasteiger partial charge in [0, 0.05) is 12.4 Å². The Kier molecular flexibility index (Phi) is 6.35. The number of benzene rings is 1. The van der Waals surface area contributed by atoms with Gasteiger partial charge in [-0.05, 0) is 44.9 Å². The van der Waals surface area contributed by atoms with Crippen LogP contribution in [-0.2, 0) is 18.4 Å². The fourth-order valence-electron chi connectivity index (χ4n) is 2.41. The molecule has 0 fully saturated rings. The van der Waals surface area contributed by atoms with Crippen LogP contribution >= 0.6 is 23.1 Å². The van der Waals surface area contributed by atoms with Crippen LogP contribution in [0.4, 0.5) is 5.13 Å². The fraction of sp³-hybridized carbons (Fsp3) is 0.368. The van der Waals surface area contributed by atoms with Gasteiger partial charge in [0.05, 0.1) is 10.9 Å². The smallest absolute Gasteiger partial charge is 0.239 e. The van der Waals surface area contributed by atoms with Gasteiger partial charge in [0.1, 0.15) is 12.4 Å². The van der Waals surface area contributed by atoms with Crippen LogP contribution < -0.4 is 10.1 Å². The number of aromatic nitrogens is 4. The lowest BCUT2D eigenvalue weighted by atomic mass is 10.1. The molecule has 148 valence electrons. The number of anilines is 1. The molecule has 0 aliphatic rings. The second-order valence-electron chi connectivity index (χ2n) is 6.56. The Labute approximate surface area is 172 Å². The highest BCUT2D eigenvalue weighted by atomic mass is 32.2. The first-order valence-corrected chi connectivity index (χ1v) is 10.6. The number of ether oxygens (including phenoxy) is 1. The van der Waals surface area contributed by atoms with E-state index in [0.717, 1.165) is 22.6 Å². The molecule has 0 saturated heterocycles. The average Bonchev–Trinajstić information content (AvgIpc) is 3.21. The summed E-state index contributed by atoms with van der Waals surface area (Å²) < 4.78 is 7.77. The standard InChI is InChI=1S/C19H23N5O2S2/c1-11-6-7-12(2)15(8-11)26-9-16-22-23-19(24(16)5)28-14(4)17(25)21-18-20-13(3)10-27-18/h6-8,10,14H,9H2,1-5H3,(H,20,21,25). The van der Waals surface area contributed by atoms with Crippen molar-refractivity contribution < 1.29 is 9.53 Å². The minimum absolute atomic E-state index is 0.115. The summed E-state index contributed by atoms with van der Waals surface area (Å²) in [7, 11) is 1.87. The molecule has 1 atom stereocenters. The average molecular weight is 418 g/mol. The normalized spacial score (nSPS) is 12.0. The third kappa shape index (κ3) is 4.90. The molecule has 0 aliphatic heterocycles. The summed E-state index contributed by atoms with van der Waals surface area (Å²) in [5.74, 6) is 1.42. The van der Waals surface area contributed by atoms with E-state index in [1.807, 2.05) is 56.8 Å². The molecule has 3 rings (SSSR count). The summed E-state index contributed by atoms with van der Waals surface area (Å²) in [5, 5.41) is 14.1. The van der Waals surface area contributed by atoms with Gasteiger partial charge in [0.25, 0.3) is 0 Å². The molecule has 3 aromatic rings. The Bertz CT molecular complexity index is 983. The maximum Gasteiger partial charge on any atom is 0.239 e. The molecule has 0 spiro atoms. The maximum absolute atomic E-state index is 12.4. The van der Waals surface area contributed by atoms with Crippen LogP contribution in [0, 0.1) is 20.8 Å². The number of nitrogens with one attached hydrogen (secondary N) is 1. The Balaban J connectivity index is 1.60. The lowest BCUT2D eigenvalue weighted by Crippen LogP contribution is -2.22. The molecule has 1 unspecified atom stereocenters. The zero-order valence-electron chi connectivity index (χ0n) is 16.5. The number of amides is 1. The molecule has 7 nitrogen and oxygen atoms in total. The number of nitrogens with zero attached hydrogens (tertiary/aromatic N) is 4. The third-order valence-electron chi connectivity index (χ3n) is 4.13. The Morgan fingerprint density at radius 2 is 2.11 bits per heavy atom. The van der Waals surface area contributed by atoms with E-state index in [4.69, 9.17) is 4.74 Å². The zero-order chi connectivity index (χ0) is 20.3. The van der Waals surface area contributed by atoms with Crippen molar-refractivity contribution in [1.82, 2.24) is 19.7 Å². The second kappa shape index (κ2) is 8.74. The molecule has 1 N–H and O–H groups in total. The van der Waals surface area contributed by atoms with E-state index in [0.29, 0.717) is 22.7 Å². The van der Waals surface area contributed by atoms with Crippen LogP contribution in [0.2, 0.25) is 0 Å². The van der Waals surface area contributed by atoms with Gasteiger partial charge in [0.15, 0.2) is 16.1 Å². The number of aryl methyl sites for hydroxylation is 3. The van der Waals surface area contributed by atoms with Crippen molar-refractivity contribution in [2.24, 2.45) is 7.05 Å². The highest BCUT2D eigenvalue weighted by molar-refractivity contribution is 8.00. The number of carbonyl (C=O) groups is 1. The van der Waals surface area contributed by atoms with E-state index >= 15 is 0 Å². The van der Waals surface area contributed by atoms with Crippen molar-refractivity contribution in [3.05, 3.63) is 46.2 Å². The molecule has 9 heteroatoms. The molecule has 2 heterocycles. The monoisotopic (exact) mass is 417 g/mol. The van der Waals surface area contributed by atoms with Crippen molar-refractivity contribution in [2.75, 3.05) is 5.32 Å². The number of thiazole rings is 1. The minimum Gasteiger partial charge on any atom is -0.485 e. The SMILES string of the molecule is Cc1ccc(C)c(OCc2nnc(SC(C)C(=O)Nc3nc(C)cs3)n2C)c1. The quantitative estimate of drug-likeness (QED) is 0.587. The van der Waals surface area contributed by atoms with E-state index in [-0.39, 0.29) is 11.2 Å². The van der Waals surface area contributed by atoms with Gasteiger partial charge < -0.3 is 14.6 Å². The Hall–Kier alpha value is -2.39. The van der Waals surface area contributed by atoms with Gasteiger partial charge in [-0.15, -0.1) is 21.5 Å². The molecule has 1 aromatic carbocycles. The summed E-state index contributed by atoms with van der Waals surface area (Å²) in [4.78, 5) is 16.6. The summed E-state index contributed by atoms with van der Waals surface area (Å²) in [5.41, 5.74) is 3.11. The highest BCUT2D eigenvalue weighted by Crippen LogP contribution is 2.25. The van der Waals surface area contributed by atoms with Gasteiger partial charge in [-0.1, -0.05) is 23.9 Å². The first-order valence-electron chi connectivity index (χ1n) is 8.81. The van der Waals surface area contributed by atoms with Gasteiger partial charge >= 0.3 is 0 Å². The topological polar surface area (TPSA) is 81.9 Å². The number of rotatable bonds is 7. The first-order chi connectivity index (χ1) is 13.3. The summed E-state index contributed by atoms with van der Waals surface area (Å²) >= 11 is 2.76. The minimum atomic E-state index is -0.333. The molecular formula is C19H23N5O2S2. The largest absolute Gasteiger partial charge is 0.485 e. The van der Waals surface area contributed by atoms with Gasteiger partial charge in [-0.2, -0.15) is 0 Å². The fourth-order valence-corrected chi connectivity index (χ4v) is 3.93. The van der Waals surface area contributed by atoms with E-state index < -0.39 is 0 Å². The predicted octanol–water partition coefficient (Wildman–Crippen LogP) is 3.90. The maximum atomic E-state index is 12.4. The van der Waals surface area contributed by atoms with Crippen LogP contribution in [0.5, 0.6) is 5.75 Å². The molecule has 1 amide bonds. The Morgan fingerprint density at radius 1 is 1.32 bits per heavy atom. The van der Waals surface area contributed by atoms with Crippen LogP contribution in [-0.4, -0.2) is 30.9 Å². The van der Waals surface area contributed by atoms with Gasteiger partial charge in [-0.25, -0.2) is 4.98 Å². The van der Waals surface area contributed by atoms with Crippen molar-refractivity contribution in [3.63, 3.8) is 0 Å². The highest BCUT2D eigenvalue weighted by Gasteiger charge is 2.20. The van der Waals surface area contributed by atoms with Crippen LogP contribution in [0.1, 0.15) is 29.6 Å². The molecule has 28 heavy (non-hydrogen) atoms. The second-order valence-corrected chi connectivity index (χ2v) is 8.72. The lowest BCUT2D eigenvalue weighted by molar-refractivity contribution is -0.115. The number of thioether (sulfide) groups is 1. The molecule has 2 aromatic heterocycles. The van der Waals surface area contributed by atoms with Gasteiger partial charge in [0.2, 0.25) is 5.91 Å². The van der Waals surface area contributed by atoms with Crippen molar-refractivity contribution in [3.8, 4) is 5.75 Å². The summed E-state index contributed by atoms with van der Waals surface area (Å²) in [6.45, 7) is 8.08. The molecule has 0 saturated carbocycles. The van der Waals surface area contributed by atoms with E-state index in [1.165, 1.54) is 23.1 Å². The number of hydrogen-bond donors (Lipinski definition) is 1. The molecule has 0 radical (unpaired) electrons. The summed E-state index contributed by atoms with van der Waals surface area (Å²) in [6.07, 6.45) is 0. The molecule has 0 bridgehead atoms. The molecule has 0 aliphatic carbocycles. The lowest BCUT2D eigenvalue weighted by Gasteiger charge is -2.11. The summed E-state index contributed by atoms with van der Waals surface area (Å²) in [6, 6.07) is 6.10. The van der Waals surface area contributed by atoms with E-state index in [1.54, 1.807) is 0 Å². The van der Waals surface area contributed by atoms with E-state index in [2.05, 4.69) is 26.6 Å². The number of hydrogen-bond acceptors (Lipinski definition) is 7. The van der Waals surface area contributed by atoms with Crippen LogP contribution in [0.25, 0.3) is 0 Å². The first kappa shape index (κ1) is 20.3. The Morgan fingerprint density at radius 3 is 2.82 bits per heavy atom. The number of carbonyl (C=O) groups excluding carboxylic acids is 1. The van der Waals surface area contributed by atoms with Crippen molar-refractivity contribution in [1.29, 1.82) is 0 Å². The van der Waals surface area contributed by atoms with Crippen molar-refractivity contribution in [2.45, 2.75) is 44.7 Å².